The molecule has 0 atom stereocenters. The van der Waals surface area contributed by atoms with E-state index in [1.54, 1.807) is 4.31 Å². The van der Waals surface area contributed by atoms with E-state index in [9.17, 15) is 8.42 Å². The zero-order valence-corrected chi connectivity index (χ0v) is 13.0. The Hall–Kier alpha value is -0.210. The zero-order valence-electron chi connectivity index (χ0n) is 12.2. The third-order valence-electron chi connectivity index (χ3n) is 3.62. The van der Waals surface area contributed by atoms with Crippen LogP contribution in [0.1, 0.15) is 26.7 Å². The van der Waals surface area contributed by atoms with Crippen LogP contribution in [0.3, 0.4) is 0 Å². The van der Waals surface area contributed by atoms with Crippen molar-refractivity contribution in [1.82, 2.24) is 13.5 Å². The summed E-state index contributed by atoms with van der Waals surface area (Å²) in [5.74, 6) is 0. The predicted molar refractivity (Wildman–Crippen MR) is 78.1 cm³/mol. The second-order valence-electron chi connectivity index (χ2n) is 4.83. The molecule has 0 unspecified atom stereocenters. The molecule has 0 aromatic carbocycles. The average molecular weight is 292 g/mol. The fourth-order valence-corrected chi connectivity index (χ4v) is 3.98. The van der Waals surface area contributed by atoms with E-state index in [1.165, 1.54) is 4.31 Å². The van der Waals surface area contributed by atoms with E-state index in [2.05, 4.69) is 4.90 Å². The number of nitrogens with zero attached hydrogens (tertiary/aromatic N) is 3. The molecule has 0 aliphatic carbocycles. The Morgan fingerprint density at radius 1 is 1.05 bits per heavy atom. The fourth-order valence-electron chi connectivity index (χ4n) is 2.38. The lowest BCUT2D eigenvalue weighted by Gasteiger charge is -2.36. The van der Waals surface area contributed by atoms with E-state index >= 15 is 0 Å². The first-order valence-electron chi connectivity index (χ1n) is 7.23. The summed E-state index contributed by atoms with van der Waals surface area (Å²) in [6, 6.07) is 0. The summed E-state index contributed by atoms with van der Waals surface area (Å²) in [5, 5.41) is 0. The standard InChI is InChI=1S/C12H28N4O2S/c1-3-15(4-2)19(17,18)16-11-9-14(10-12-16)8-6-5-7-13/h3-13H2,1-2H3. The molecular weight excluding hydrogens is 264 g/mol. The molecule has 1 heterocycles. The molecule has 114 valence electrons. The Balaban J connectivity index is 2.44. The summed E-state index contributed by atoms with van der Waals surface area (Å²) in [5.41, 5.74) is 5.48. The van der Waals surface area contributed by atoms with Crippen molar-refractivity contribution in [2.75, 3.05) is 52.4 Å². The van der Waals surface area contributed by atoms with Crippen molar-refractivity contribution < 1.29 is 8.42 Å². The van der Waals surface area contributed by atoms with Gasteiger partial charge in [-0.15, -0.1) is 0 Å². The molecule has 0 radical (unpaired) electrons. The van der Waals surface area contributed by atoms with Gasteiger partial charge in [0, 0.05) is 39.3 Å². The summed E-state index contributed by atoms with van der Waals surface area (Å²) in [6.07, 6.45) is 2.14. The van der Waals surface area contributed by atoms with Gasteiger partial charge < -0.3 is 10.6 Å². The third-order valence-corrected chi connectivity index (χ3v) is 5.80. The predicted octanol–water partition coefficient (Wildman–Crippen LogP) is -0.0705. The minimum Gasteiger partial charge on any atom is -0.330 e. The van der Waals surface area contributed by atoms with Crippen LogP contribution in [0.25, 0.3) is 0 Å². The smallest absolute Gasteiger partial charge is 0.282 e. The monoisotopic (exact) mass is 292 g/mol. The Morgan fingerprint density at radius 2 is 1.63 bits per heavy atom. The zero-order chi connectivity index (χ0) is 14.3. The molecule has 0 spiro atoms. The van der Waals surface area contributed by atoms with Crippen molar-refractivity contribution in [2.24, 2.45) is 5.73 Å². The van der Waals surface area contributed by atoms with E-state index in [4.69, 9.17) is 5.73 Å². The quantitative estimate of drug-likeness (QED) is 0.636. The molecule has 6 nitrogen and oxygen atoms in total. The maximum absolute atomic E-state index is 12.3. The molecule has 19 heavy (non-hydrogen) atoms. The number of rotatable bonds is 8. The van der Waals surface area contributed by atoms with Crippen LogP contribution in [0, 0.1) is 0 Å². The molecule has 0 bridgehead atoms. The maximum atomic E-state index is 12.3. The number of hydrogen-bond donors (Lipinski definition) is 1. The van der Waals surface area contributed by atoms with Crippen molar-refractivity contribution >= 4 is 10.2 Å². The molecule has 1 fully saturated rings. The van der Waals surface area contributed by atoms with Gasteiger partial charge in [-0.3, -0.25) is 0 Å². The minimum absolute atomic E-state index is 0.537. The van der Waals surface area contributed by atoms with Crippen LogP contribution in [0.5, 0.6) is 0 Å². The highest BCUT2D eigenvalue weighted by molar-refractivity contribution is 7.86. The second-order valence-corrected chi connectivity index (χ2v) is 6.76. The van der Waals surface area contributed by atoms with E-state index < -0.39 is 10.2 Å². The van der Waals surface area contributed by atoms with Gasteiger partial charge in [-0.05, 0) is 25.9 Å². The van der Waals surface area contributed by atoms with Gasteiger partial charge in [0.2, 0.25) is 0 Å². The summed E-state index contributed by atoms with van der Waals surface area (Å²) in [7, 11) is -3.25. The van der Waals surface area contributed by atoms with Gasteiger partial charge in [-0.25, -0.2) is 0 Å². The highest BCUT2D eigenvalue weighted by Gasteiger charge is 2.30. The van der Waals surface area contributed by atoms with Crippen molar-refractivity contribution in [1.29, 1.82) is 0 Å². The Labute approximate surface area is 117 Å². The lowest BCUT2D eigenvalue weighted by molar-refractivity contribution is 0.179. The van der Waals surface area contributed by atoms with E-state index in [0.29, 0.717) is 26.2 Å². The normalized spacial score (nSPS) is 19.2. The maximum Gasteiger partial charge on any atom is 0.282 e. The number of unbranched alkanes of at least 4 members (excludes halogenated alkanes) is 1. The first-order valence-corrected chi connectivity index (χ1v) is 8.63. The van der Waals surface area contributed by atoms with Gasteiger partial charge in [0.05, 0.1) is 0 Å². The third kappa shape index (κ3) is 4.68. The summed E-state index contributed by atoms with van der Waals surface area (Å²) in [6.45, 7) is 9.44. The topological polar surface area (TPSA) is 69.9 Å². The van der Waals surface area contributed by atoms with Crippen LogP contribution < -0.4 is 5.73 Å². The molecule has 0 amide bonds. The van der Waals surface area contributed by atoms with Gasteiger partial charge in [0.15, 0.2) is 0 Å². The summed E-state index contributed by atoms with van der Waals surface area (Å²) in [4.78, 5) is 2.32. The molecular formula is C12H28N4O2S. The molecule has 2 N–H and O–H groups in total. The molecule has 0 aromatic heterocycles. The second kappa shape index (κ2) is 8.16. The first-order chi connectivity index (χ1) is 9.06. The van der Waals surface area contributed by atoms with Gasteiger partial charge >= 0.3 is 0 Å². The first kappa shape index (κ1) is 16.8. The van der Waals surface area contributed by atoms with Crippen LogP contribution in [-0.2, 0) is 10.2 Å². The largest absolute Gasteiger partial charge is 0.330 e. The Morgan fingerprint density at radius 3 is 2.11 bits per heavy atom. The average Bonchev–Trinajstić information content (AvgIpc) is 2.41. The van der Waals surface area contributed by atoms with Gasteiger partial charge in [0.25, 0.3) is 10.2 Å². The van der Waals surface area contributed by atoms with Crippen LogP contribution in [0.15, 0.2) is 0 Å². The van der Waals surface area contributed by atoms with Gasteiger partial charge in [0.1, 0.15) is 0 Å². The van der Waals surface area contributed by atoms with E-state index in [1.807, 2.05) is 13.8 Å². The SMILES string of the molecule is CCN(CC)S(=O)(=O)N1CCN(CCCCN)CC1. The van der Waals surface area contributed by atoms with Crippen LogP contribution >= 0.6 is 0 Å². The van der Waals surface area contributed by atoms with E-state index in [0.717, 1.165) is 39.0 Å². The highest BCUT2D eigenvalue weighted by atomic mass is 32.2. The molecule has 0 aromatic rings. The molecule has 7 heteroatoms. The van der Waals surface area contributed by atoms with Crippen molar-refractivity contribution in [3.63, 3.8) is 0 Å². The lowest BCUT2D eigenvalue weighted by Crippen LogP contribution is -2.53. The summed E-state index contributed by atoms with van der Waals surface area (Å²) >= 11 is 0. The van der Waals surface area contributed by atoms with E-state index in [-0.39, 0.29) is 0 Å². The molecule has 1 rings (SSSR count). The van der Waals surface area contributed by atoms with Crippen molar-refractivity contribution in [3.05, 3.63) is 0 Å². The van der Waals surface area contributed by atoms with Crippen LogP contribution in [-0.4, -0.2) is 74.3 Å². The van der Waals surface area contributed by atoms with Crippen molar-refractivity contribution in [2.45, 2.75) is 26.7 Å². The van der Waals surface area contributed by atoms with Gasteiger partial charge in [-0.1, -0.05) is 13.8 Å². The van der Waals surface area contributed by atoms with Crippen molar-refractivity contribution in [3.8, 4) is 0 Å². The molecule has 1 aliphatic rings. The molecule has 1 saturated heterocycles. The van der Waals surface area contributed by atoms with Crippen LogP contribution in [0.4, 0.5) is 0 Å². The number of hydrogen-bond acceptors (Lipinski definition) is 4. The molecule has 1 aliphatic heterocycles. The highest BCUT2D eigenvalue weighted by Crippen LogP contribution is 2.12. The molecule has 0 saturated carbocycles. The Bertz CT molecular complexity index is 336. The van der Waals surface area contributed by atoms with Gasteiger partial charge in [-0.2, -0.15) is 17.0 Å². The summed E-state index contributed by atoms with van der Waals surface area (Å²) < 4.78 is 27.8. The Kier molecular flexibility index (Phi) is 7.23. The minimum atomic E-state index is -3.25. The number of piperazine rings is 1. The van der Waals surface area contributed by atoms with Crippen LogP contribution in [0.2, 0.25) is 0 Å². The fraction of sp³-hybridized carbons (Fsp3) is 1.00. The lowest BCUT2D eigenvalue weighted by atomic mass is 10.2. The number of nitrogens with two attached hydrogens (primary N) is 1.